The minimum atomic E-state index is -0.460. The molecule has 0 saturated carbocycles. The van der Waals surface area contributed by atoms with Gasteiger partial charge in [-0.25, -0.2) is 0 Å². The number of hydrogen-bond donors (Lipinski definition) is 0. The standard InChI is InChI=1S/2C26H27NO2.4C2H6/c2*1-18-15-26(2,3)16-24(29)25(18)23(28)14-21(19-10-6-4-7-11-19)22(17-27)20-12-8-5-9-13-20;4*1-2/h2*4-13,21-22H,14-16H2,1-3H3;4*1-2H3/t2*21-,22-;;;;/m10..../s1. The third kappa shape index (κ3) is 16.8. The van der Waals surface area contributed by atoms with Gasteiger partial charge in [-0.15, -0.1) is 0 Å². The van der Waals surface area contributed by atoms with Gasteiger partial charge in [-0.3, -0.25) is 19.2 Å². The van der Waals surface area contributed by atoms with Crippen LogP contribution in [-0.2, 0) is 19.2 Å². The zero-order chi connectivity index (χ0) is 50.0. The first-order valence-corrected chi connectivity index (χ1v) is 24.2. The molecule has 2 aliphatic carbocycles. The van der Waals surface area contributed by atoms with Gasteiger partial charge in [-0.2, -0.15) is 10.5 Å². The van der Waals surface area contributed by atoms with Crippen LogP contribution in [0.3, 0.4) is 0 Å². The second-order valence-corrected chi connectivity index (χ2v) is 17.5. The lowest BCUT2D eigenvalue weighted by Gasteiger charge is -2.31. The van der Waals surface area contributed by atoms with Gasteiger partial charge >= 0.3 is 0 Å². The van der Waals surface area contributed by atoms with E-state index in [0.29, 0.717) is 24.0 Å². The first-order chi connectivity index (χ1) is 31.6. The molecule has 0 N–H and O–H groups in total. The van der Waals surface area contributed by atoms with Crippen molar-refractivity contribution < 1.29 is 19.2 Å². The number of hydrogen-bond acceptors (Lipinski definition) is 6. The van der Waals surface area contributed by atoms with Crippen molar-refractivity contribution >= 4 is 23.1 Å². The molecule has 0 bridgehead atoms. The molecule has 0 unspecified atom stereocenters. The summed E-state index contributed by atoms with van der Waals surface area (Å²) < 4.78 is 0. The van der Waals surface area contributed by atoms with Gasteiger partial charge < -0.3 is 0 Å². The molecule has 6 rings (SSSR count). The monoisotopic (exact) mass is 891 g/mol. The Balaban J connectivity index is 0.000000574. The van der Waals surface area contributed by atoms with E-state index < -0.39 is 11.8 Å². The molecule has 0 heterocycles. The number of rotatable bonds is 12. The number of carbonyl (C=O) groups is 4. The second kappa shape index (κ2) is 29.5. The molecule has 4 atom stereocenters. The summed E-state index contributed by atoms with van der Waals surface area (Å²) in [6.45, 7) is 28.0. The average molecular weight is 891 g/mol. The summed E-state index contributed by atoms with van der Waals surface area (Å²) in [7, 11) is 0. The zero-order valence-corrected chi connectivity index (χ0v) is 42.6. The van der Waals surface area contributed by atoms with E-state index in [1.54, 1.807) is 0 Å². The lowest BCUT2D eigenvalue weighted by molar-refractivity contribution is -0.125. The van der Waals surface area contributed by atoms with Crippen LogP contribution < -0.4 is 0 Å². The summed E-state index contributed by atoms with van der Waals surface area (Å²) >= 11 is 0. The van der Waals surface area contributed by atoms with Crippen molar-refractivity contribution in [1.29, 1.82) is 10.5 Å². The Morgan fingerprint density at radius 1 is 0.455 bits per heavy atom. The highest BCUT2D eigenvalue weighted by Gasteiger charge is 2.38. The Kier molecular flexibility index (Phi) is 26.0. The highest BCUT2D eigenvalue weighted by molar-refractivity contribution is 6.22. The van der Waals surface area contributed by atoms with Crippen LogP contribution in [0.4, 0.5) is 0 Å². The van der Waals surface area contributed by atoms with Crippen LogP contribution >= 0.6 is 0 Å². The maximum absolute atomic E-state index is 13.3. The maximum atomic E-state index is 13.3. The first kappa shape index (κ1) is 58.0. The summed E-state index contributed by atoms with van der Waals surface area (Å²) in [6, 6.07) is 43.3. The summed E-state index contributed by atoms with van der Waals surface area (Å²) in [6.07, 6.45) is 2.57. The molecule has 0 aromatic heterocycles. The van der Waals surface area contributed by atoms with Crippen molar-refractivity contribution in [1.82, 2.24) is 0 Å². The molecule has 0 radical (unpaired) electrons. The highest BCUT2D eigenvalue weighted by atomic mass is 16.2. The molecular weight excluding hydrogens is 813 g/mol. The third-order valence-corrected chi connectivity index (χ3v) is 11.4. The number of Topliss-reactive ketones (excluding diaryl/α,β-unsaturated/α-hetero) is 4. The summed E-state index contributed by atoms with van der Waals surface area (Å²) in [4.78, 5) is 52.0. The molecule has 66 heavy (non-hydrogen) atoms. The summed E-state index contributed by atoms with van der Waals surface area (Å²) in [5, 5.41) is 19.9. The van der Waals surface area contributed by atoms with Gasteiger partial charge in [0.05, 0.1) is 35.1 Å². The first-order valence-electron chi connectivity index (χ1n) is 24.2. The summed E-state index contributed by atoms with van der Waals surface area (Å²) in [5.74, 6) is -1.95. The van der Waals surface area contributed by atoms with E-state index in [1.807, 2.05) is 191 Å². The predicted octanol–water partition coefficient (Wildman–Crippen LogP) is 15.6. The molecule has 4 aromatic rings. The quantitative estimate of drug-likeness (QED) is 0.131. The van der Waals surface area contributed by atoms with Crippen LogP contribution in [0.2, 0.25) is 0 Å². The van der Waals surface area contributed by atoms with E-state index in [-0.39, 0.29) is 58.6 Å². The predicted molar refractivity (Wildman–Crippen MR) is 274 cm³/mol. The Morgan fingerprint density at radius 3 is 0.924 bits per heavy atom. The lowest BCUT2D eigenvalue weighted by Crippen LogP contribution is -2.29. The van der Waals surface area contributed by atoms with Gasteiger partial charge in [0.25, 0.3) is 0 Å². The number of nitrogens with zero attached hydrogens (tertiary/aromatic N) is 2. The summed E-state index contributed by atoms with van der Waals surface area (Å²) in [5.41, 5.74) is 5.90. The largest absolute Gasteiger partial charge is 0.294 e. The second-order valence-electron chi connectivity index (χ2n) is 17.5. The molecule has 6 nitrogen and oxygen atoms in total. The number of ketones is 4. The molecule has 0 amide bonds. The molecule has 0 aliphatic heterocycles. The fourth-order valence-electron chi connectivity index (χ4n) is 9.02. The smallest absolute Gasteiger partial charge is 0.167 e. The Morgan fingerprint density at radius 2 is 0.697 bits per heavy atom. The number of nitriles is 2. The highest BCUT2D eigenvalue weighted by Crippen LogP contribution is 2.42. The molecule has 352 valence electrons. The number of allylic oxidation sites excluding steroid dienone is 4. The van der Waals surface area contributed by atoms with Crippen molar-refractivity contribution in [3.05, 3.63) is 166 Å². The number of carbonyl (C=O) groups excluding carboxylic acids is 4. The van der Waals surface area contributed by atoms with Crippen molar-refractivity contribution in [2.75, 3.05) is 0 Å². The van der Waals surface area contributed by atoms with Gasteiger partial charge in [0, 0.05) is 37.5 Å². The Bertz CT molecular complexity index is 2090. The molecule has 0 spiro atoms. The maximum Gasteiger partial charge on any atom is 0.167 e. The Hall–Kier alpha value is -5.98. The molecule has 0 saturated heterocycles. The van der Waals surface area contributed by atoms with Crippen LogP contribution in [0.15, 0.2) is 144 Å². The molecule has 4 aromatic carbocycles. The molecule has 2 aliphatic rings. The normalized spacial score (nSPS) is 16.2. The SMILES string of the molecule is CC.CC.CC.CC.CC1=C(C(=O)C[C@@H](c2ccccc2)[C@@H](C#N)c2ccccc2)C(=O)CC(C)(C)C1.CC1=C(C(=O)C[C@H](c2ccccc2)[C@H](C#N)c2ccccc2)C(=O)CC(C)(C)C1. The minimum Gasteiger partial charge on any atom is -0.294 e. The van der Waals surface area contributed by atoms with E-state index in [4.69, 9.17) is 0 Å². The van der Waals surface area contributed by atoms with Crippen LogP contribution in [0.5, 0.6) is 0 Å². The topological polar surface area (TPSA) is 116 Å². The molecule has 0 fully saturated rings. The van der Waals surface area contributed by atoms with Gasteiger partial charge in [0.15, 0.2) is 23.1 Å². The van der Waals surface area contributed by atoms with Crippen LogP contribution in [0.1, 0.15) is 181 Å². The molecular formula is C60H78N2O4. The molecule has 6 heteroatoms. The van der Waals surface area contributed by atoms with E-state index in [2.05, 4.69) is 39.8 Å². The van der Waals surface area contributed by atoms with E-state index in [0.717, 1.165) is 46.2 Å². The average Bonchev–Trinajstić information content (AvgIpc) is 3.31. The van der Waals surface area contributed by atoms with Crippen molar-refractivity contribution in [2.24, 2.45) is 10.8 Å². The Labute approximate surface area is 399 Å². The van der Waals surface area contributed by atoms with E-state index in [1.165, 1.54) is 0 Å². The van der Waals surface area contributed by atoms with Gasteiger partial charge in [0.2, 0.25) is 0 Å². The van der Waals surface area contributed by atoms with Gasteiger partial charge in [-0.1, -0.05) is 216 Å². The minimum absolute atomic E-state index is 0.0659. The van der Waals surface area contributed by atoms with Gasteiger partial charge in [-0.05, 0) is 59.8 Å². The van der Waals surface area contributed by atoms with Crippen molar-refractivity contribution in [3.8, 4) is 12.1 Å². The van der Waals surface area contributed by atoms with Crippen molar-refractivity contribution in [3.63, 3.8) is 0 Å². The van der Waals surface area contributed by atoms with Crippen LogP contribution in [-0.4, -0.2) is 23.1 Å². The zero-order valence-electron chi connectivity index (χ0n) is 42.6. The van der Waals surface area contributed by atoms with Crippen LogP contribution in [0, 0.1) is 33.5 Å². The lowest BCUT2D eigenvalue weighted by atomic mass is 9.71. The number of benzene rings is 4. The van der Waals surface area contributed by atoms with E-state index in [9.17, 15) is 29.7 Å². The van der Waals surface area contributed by atoms with E-state index >= 15 is 0 Å². The fraction of sp³-hybridized carbons (Fsp3) is 0.433. The fourth-order valence-corrected chi connectivity index (χ4v) is 9.02. The van der Waals surface area contributed by atoms with Crippen LogP contribution in [0.25, 0.3) is 0 Å². The third-order valence-electron chi connectivity index (χ3n) is 11.4. The van der Waals surface area contributed by atoms with Crippen molar-refractivity contribution in [2.45, 2.75) is 159 Å². The van der Waals surface area contributed by atoms with Gasteiger partial charge in [0.1, 0.15) is 0 Å².